The summed E-state index contributed by atoms with van der Waals surface area (Å²) in [6.45, 7) is 2.78. The van der Waals surface area contributed by atoms with E-state index in [4.69, 9.17) is 9.47 Å². The number of benzene rings is 2. The summed E-state index contributed by atoms with van der Waals surface area (Å²) in [5, 5.41) is 9.98. The summed E-state index contributed by atoms with van der Waals surface area (Å²) in [5.41, 5.74) is 1.15. The molecular formula is C25H30FN3O6S. The number of fused-ring (bicyclic) bond motifs is 3. The second-order valence-electron chi connectivity index (χ2n) is 9.60. The van der Waals surface area contributed by atoms with Gasteiger partial charge in [0.25, 0.3) is 10.0 Å². The maximum absolute atomic E-state index is 13.2. The van der Waals surface area contributed by atoms with Crippen molar-refractivity contribution in [1.82, 2.24) is 9.80 Å². The minimum Gasteiger partial charge on any atom is -0.487 e. The Morgan fingerprint density at radius 2 is 1.86 bits per heavy atom. The standard InChI is InChI=1S/C25H30FN3O6S/c1-28-8-10-29(11-9-28)24(31)14-18-13-21-20-12-17(4-7-22(20)35-25(21)23(15-30)34-18)27-36(32,33)19-5-2-16(26)3-6-19/h2-7,12,18,21,23,25,27,30H,8-11,13-15H2,1H3/t18-,21+,23-,25-/m0/s1. The van der Waals surface area contributed by atoms with Crippen molar-refractivity contribution in [2.75, 3.05) is 44.6 Å². The molecule has 5 rings (SSSR count). The van der Waals surface area contributed by atoms with Crippen LogP contribution in [0.15, 0.2) is 47.4 Å². The summed E-state index contributed by atoms with van der Waals surface area (Å²) in [6, 6.07) is 9.61. The van der Waals surface area contributed by atoms with Crippen molar-refractivity contribution in [2.45, 2.75) is 42.0 Å². The first kappa shape index (κ1) is 24.9. The van der Waals surface area contributed by atoms with Crippen LogP contribution >= 0.6 is 0 Å². The van der Waals surface area contributed by atoms with E-state index in [0.29, 0.717) is 30.9 Å². The van der Waals surface area contributed by atoms with E-state index < -0.39 is 28.0 Å². The Balaban J connectivity index is 1.32. The van der Waals surface area contributed by atoms with Crippen LogP contribution in [0.25, 0.3) is 0 Å². The number of amides is 1. The summed E-state index contributed by atoms with van der Waals surface area (Å²) in [6.07, 6.45) is -0.674. The highest BCUT2D eigenvalue weighted by molar-refractivity contribution is 7.92. The molecule has 0 radical (unpaired) electrons. The number of hydrogen-bond donors (Lipinski definition) is 2. The number of nitrogens with zero attached hydrogens (tertiary/aromatic N) is 2. The van der Waals surface area contributed by atoms with Crippen molar-refractivity contribution in [1.29, 1.82) is 0 Å². The number of carbonyl (C=O) groups excluding carboxylic acids is 1. The predicted octanol–water partition coefficient (Wildman–Crippen LogP) is 1.78. The van der Waals surface area contributed by atoms with Crippen LogP contribution in [-0.2, 0) is 19.6 Å². The van der Waals surface area contributed by atoms with E-state index in [1.165, 1.54) is 12.1 Å². The zero-order valence-corrected chi connectivity index (χ0v) is 20.8. The number of sulfonamides is 1. The van der Waals surface area contributed by atoms with Gasteiger partial charge < -0.3 is 24.4 Å². The Labute approximate surface area is 209 Å². The van der Waals surface area contributed by atoms with Crippen LogP contribution < -0.4 is 9.46 Å². The number of aliphatic hydroxyl groups excluding tert-OH is 1. The highest BCUT2D eigenvalue weighted by Gasteiger charge is 2.46. The van der Waals surface area contributed by atoms with Crippen molar-refractivity contribution in [3.63, 3.8) is 0 Å². The van der Waals surface area contributed by atoms with E-state index in [0.717, 1.165) is 30.8 Å². The third-order valence-corrected chi connectivity index (χ3v) is 8.53. The number of carbonyl (C=O) groups is 1. The molecule has 194 valence electrons. The maximum Gasteiger partial charge on any atom is 0.261 e. The molecule has 2 aromatic rings. The topological polar surface area (TPSA) is 108 Å². The van der Waals surface area contributed by atoms with E-state index >= 15 is 0 Å². The number of anilines is 1. The molecule has 0 saturated carbocycles. The lowest BCUT2D eigenvalue weighted by molar-refractivity contribution is -0.150. The largest absolute Gasteiger partial charge is 0.487 e. The first-order chi connectivity index (χ1) is 17.2. The highest BCUT2D eigenvalue weighted by Crippen LogP contribution is 2.47. The van der Waals surface area contributed by atoms with Crippen molar-refractivity contribution >= 4 is 21.6 Å². The van der Waals surface area contributed by atoms with Crippen LogP contribution in [0.4, 0.5) is 10.1 Å². The van der Waals surface area contributed by atoms with Gasteiger partial charge in [-0.15, -0.1) is 0 Å². The summed E-state index contributed by atoms with van der Waals surface area (Å²) in [4.78, 5) is 16.9. The molecule has 0 aliphatic carbocycles. The second kappa shape index (κ2) is 9.97. The minimum atomic E-state index is -3.91. The Bertz CT molecular complexity index is 1220. The van der Waals surface area contributed by atoms with Crippen LogP contribution in [0, 0.1) is 5.82 Å². The molecule has 3 aliphatic heterocycles. The predicted molar refractivity (Wildman–Crippen MR) is 130 cm³/mol. The molecule has 2 aromatic carbocycles. The Kier molecular flexibility index (Phi) is 6.90. The zero-order chi connectivity index (χ0) is 25.4. The molecule has 0 bridgehead atoms. The molecule has 3 aliphatic rings. The average Bonchev–Trinajstić information content (AvgIpc) is 3.22. The summed E-state index contributed by atoms with van der Waals surface area (Å²) >= 11 is 0. The third kappa shape index (κ3) is 5.06. The molecule has 2 saturated heterocycles. The van der Waals surface area contributed by atoms with E-state index in [1.807, 2.05) is 11.9 Å². The van der Waals surface area contributed by atoms with E-state index in [1.54, 1.807) is 18.2 Å². The number of aliphatic hydroxyl groups is 1. The molecule has 9 nitrogen and oxygen atoms in total. The van der Waals surface area contributed by atoms with Crippen molar-refractivity contribution in [3.8, 4) is 5.75 Å². The molecular weight excluding hydrogens is 489 g/mol. The fraction of sp³-hybridized carbons (Fsp3) is 0.480. The van der Waals surface area contributed by atoms with Gasteiger partial charge in [-0.25, -0.2) is 12.8 Å². The molecule has 0 aromatic heterocycles. The van der Waals surface area contributed by atoms with Gasteiger partial charge in [0.2, 0.25) is 5.91 Å². The number of rotatable bonds is 6. The van der Waals surface area contributed by atoms with Crippen LogP contribution in [0.5, 0.6) is 5.75 Å². The number of nitrogens with one attached hydrogen (secondary N) is 1. The average molecular weight is 520 g/mol. The molecule has 2 N–H and O–H groups in total. The van der Waals surface area contributed by atoms with Crippen molar-refractivity contribution in [3.05, 3.63) is 53.8 Å². The molecule has 11 heteroatoms. The fourth-order valence-corrected chi connectivity index (χ4v) is 6.21. The molecule has 3 heterocycles. The molecule has 2 fully saturated rings. The molecule has 4 atom stereocenters. The van der Waals surface area contributed by atoms with Gasteiger partial charge in [0.15, 0.2) is 0 Å². The van der Waals surface area contributed by atoms with Crippen LogP contribution in [-0.4, -0.2) is 87.4 Å². The molecule has 36 heavy (non-hydrogen) atoms. The number of likely N-dealkylation sites (N-methyl/N-ethyl adjacent to an activating group) is 1. The molecule has 1 amide bonds. The van der Waals surface area contributed by atoms with Crippen molar-refractivity contribution < 1.29 is 32.2 Å². The number of ether oxygens (including phenoxy) is 2. The minimum absolute atomic E-state index is 0.0307. The van der Waals surface area contributed by atoms with E-state index in [9.17, 15) is 22.7 Å². The summed E-state index contributed by atoms with van der Waals surface area (Å²) < 4.78 is 53.5. The van der Waals surface area contributed by atoms with Crippen LogP contribution in [0.3, 0.4) is 0 Å². The first-order valence-electron chi connectivity index (χ1n) is 12.0. The van der Waals surface area contributed by atoms with Crippen molar-refractivity contribution in [2.24, 2.45) is 0 Å². The van der Waals surface area contributed by atoms with E-state index in [2.05, 4.69) is 9.62 Å². The monoisotopic (exact) mass is 519 g/mol. The maximum atomic E-state index is 13.2. The first-order valence-corrected chi connectivity index (χ1v) is 13.5. The third-order valence-electron chi connectivity index (χ3n) is 7.13. The normalized spacial score (nSPS) is 26.1. The Morgan fingerprint density at radius 1 is 1.14 bits per heavy atom. The van der Waals surface area contributed by atoms with Gasteiger partial charge in [-0.2, -0.15) is 0 Å². The fourth-order valence-electron chi connectivity index (χ4n) is 5.16. The van der Waals surface area contributed by atoms with Gasteiger partial charge in [-0.1, -0.05) is 0 Å². The number of halogens is 1. The van der Waals surface area contributed by atoms with Gasteiger partial charge in [0.05, 0.1) is 24.0 Å². The lowest BCUT2D eigenvalue weighted by Crippen LogP contribution is -2.50. The second-order valence-corrected chi connectivity index (χ2v) is 11.3. The van der Waals surface area contributed by atoms with Crippen LogP contribution in [0.2, 0.25) is 0 Å². The van der Waals surface area contributed by atoms with Crippen LogP contribution in [0.1, 0.15) is 24.3 Å². The molecule has 0 unspecified atom stereocenters. The van der Waals surface area contributed by atoms with Gasteiger partial charge in [-0.3, -0.25) is 9.52 Å². The summed E-state index contributed by atoms with van der Waals surface area (Å²) in [7, 11) is -1.88. The quantitative estimate of drug-likeness (QED) is 0.599. The summed E-state index contributed by atoms with van der Waals surface area (Å²) in [5.74, 6) is -0.0502. The van der Waals surface area contributed by atoms with Gasteiger partial charge in [0.1, 0.15) is 23.8 Å². The highest BCUT2D eigenvalue weighted by atomic mass is 32.2. The zero-order valence-electron chi connectivity index (χ0n) is 20.0. The lowest BCUT2D eigenvalue weighted by atomic mass is 9.84. The Hall–Kier alpha value is -2.73. The number of hydrogen-bond acceptors (Lipinski definition) is 7. The smallest absolute Gasteiger partial charge is 0.261 e. The lowest BCUT2D eigenvalue weighted by Gasteiger charge is -2.38. The number of piperazine rings is 1. The Morgan fingerprint density at radius 3 is 2.56 bits per heavy atom. The van der Waals surface area contributed by atoms with E-state index in [-0.39, 0.29) is 35.9 Å². The van der Waals surface area contributed by atoms with Gasteiger partial charge in [0, 0.05) is 43.3 Å². The van der Waals surface area contributed by atoms with Gasteiger partial charge in [-0.05, 0) is 55.9 Å². The SMILES string of the molecule is CN1CCN(C(=O)C[C@@H]2C[C@@H]3c4cc(NS(=O)(=O)c5ccc(F)cc5)ccc4O[C@@H]3[C@H](CO)O2)CC1. The molecule has 0 spiro atoms. The van der Waals surface area contributed by atoms with Gasteiger partial charge >= 0.3 is 0 Å².